The van der Waals surface area contributed by atoms with Crippen LogP contribution in [0.1, 0.15) is 112 Å². The maximum atomic E-state index is 12.9. The van der Waals surface area contributed by atoms with Crippen LogP contribution in [-0.4, -0.2) is 195 Å². The van der Waals surface area contributed by atoms with Crippen LogP contribution in [0.15, 0.2) is 164 Å². The molecule has 8 aromatic carbocycles. The van der Waals surface area contributed by atoms with Crippen molar-refractivity contribution in [1.29, 1.82) is 0 Å². The van der Waals surface area contributed by atoms with E-state index in [4.69, 9.17) is 89.1 Å². The molecule has 0 radical (unpaired) electrons. The second kappa shape index (κ2) is 43.5. The predicted molar refractivity (Wildman–Crippen MR) is 490 cm³/mol. The normalized spacial score (nSPS) is 11.1. The number of aryl methyl sites for hydroxylation is 4. The number of carbonyl (C=O) groups excluding carboxylic acids is 4. The molecule has 8 aromatic heterocycles. The van der Waals surface area contributed by atoms with Gasteiger partial charge in [-0.05, 0) is 121 Å². The summed E-state index contributed by atoms with van der Waals surface area (Å²) < 4.78 is 101. The Balaban J connectivity index is 0.000000150. The topological polar surface area (TPSA) is 418 Å². The molecule has 16 aromatic rings. The van der Waals surface area contributed by atoms with Crippen LogP contribution in [0, 0.1) is 27.7 Å². The van der Waals surface area contributed by atoms with E-state index in [0.29, 0.717) is 244 Å². The maximum Gasteiger partial charge on any atom is 0.341 e. The van der Waals surface area contributed by atoms with Gasteiger partial charge in [0.2, 0.25) is 23.5 Å². The number of hydrogen-bond donors (Lipinski definition) is 3. The number of hydrogen-bond acceptors (Lipinski definition) is 32. The summed E-state index contributed by atoms with van der Waals surface area (Å²) in [6, 6.07) is 35.1. The number of furan rings is 4. The van der Waals surface area contributed by atoms with E-state index in [-0.39, 0.29) is 35.0 Å². The third-order valence-electron chi connectivity index (χ3n) is 21.0. The lowest BCUT2D eigenvalue weighted by atomic mass is 10.1. The molecule has 0 atom stereocenters. The molecule has 132 heavy (non-hydrogen) atoms. The number of fused-ring (bicyclic) bond motifs is 8. The van der Waals surface area contributed by atoms with Crippen molar-refractivity contribution < 1.29 is 113 Å². The lowest BCUT2D eigenvalue weighted by molar-refractivity contribution is -0.139. The number of amides is 2. The number of benzene rings is 8. The number of carbonyl (C=O) groups is 5. The summed E-state index contributed by atoms with van der Waals surface area (Å²) in [4.78, 5) is 97.2. The molecule has 0 aliphatic carbocycles. The molecule has 0 unspecified atom stereocenters. The van der Waals surface area contributed by atoms with E-state index in [1.807, 2.05) is 32.9 Å². The Bertz CT molecular complexity index is 6900. The van der Waals surface area contributed by atoms with Gasteiger partial charge in [0.05, 0.1) is 115 Å². The SMILES string of the molecule is CCC(=O)c1c(C)oc2cc(Oc3ncnc4cc(OC)c(OCC(=O)O)cc34)ccc12.CCC(=O)c1c(C)oc2cc(Oc3ncnc4cc(OCCOC)c(OCCOC)cc34)ccc12.CCN(CC)CCNC(=O)c1c(C)oc2cc(Oc3ncnc4cc(OC)c(OC)cc34)ccc12.CCNC(=O)c1c(C)oc2cc(Oc3ncnc4cc(OC)c(OC)cc34)ccc12. The van der Waals surface area contributed by atoms with Gasteiger partial charge >= 0.3 is 5.97 Å². The van der Waals surface area contributed by atoms with Crippen molar-refractivity contribution in [2.75, 3.05) is 116 Å². The molecule has 0 aliphatic rings. The molecule has 0 spiro atoms. The fourth-order valence-electron chi connectivity index (χ4n) is 14.5. The molecule has 686 valence electrons. The summed E-state index contributed by atoms with van der Waals surface area (Å²) in [7, 11) is 10.9. The first-order valence-corrected chi connectivity index (χ1v) is 42.1. The minimum absolute atomic E-state index is 0.0135. The highest BCUT2D eigenvalue weighted by atomic mass is 16.6. The zero-order chi connectivity index (χ0) is 93.8. The van der Waals surface area contributed by atoms with Gasteiger partial charge in [0.1, 0.15) is 107 Å². The van der Waals surface area contributed by atoms with Gasteiger partial charge in [0.15, 0.2) is 64.2 Å². The molecule has 0 fully saturated rings. The number of carboxylic acid groups (broad SMARTS) is 1. The van der Waals surface area contributed by atoms with Crippen LogP contribution >= 0.6 is 0 Å². The minimum Gasteiger partial charge on any atom is -0.493 e. The van der Waals surface area contributed by atoms with Gasteiger partial charge in [-0.15, -0.1) is 0 Å². The number of methoxy groups -OCH3 is 7. The van der Waals surface area contributed by atoms with Crippen LogP contribution in [0.25, 0.3) is 87.5 Å². The number of rotatable bonds is 36. The Hall–Kier alpha value is -15.5. The van der Waals surface area contributed by atoms with Crippen molar-refractivity contribution >= 4 is 117 Å². The number of aromatic nitrogens is 8. The van der Waals surface area contributed by atoms with Crippen LogP contribution < -0.4 is 67.5 Å². The largest absolute Gasteiger partial charge is 0.493 e. The van der Waals surface area contributed by atoms with E-state index in [0.717, 1.165) is 41.2 Å². The third kappa shape index (κ3) is 21.4. The molecule has 0 saturated carbocycles. The smallest absolute Gasteiger partial charge is 0.341 e. The fourth-order valence-corrected chi connectivity index (χ4v) is 14.5. The van der Waals surface area contributed by atoms with Crippen LogP contribution in [0.5, 0.6) is 92.5 Å². The van der Waals surface area contributed by atoms with Gasteiger partial charge in [0.25, 0.3) is 11.8 Å². The number of Topliss-reactive ketones (excluding diaryl/α,β-unsaturated/α-hetero) is 2. The van der Waals surface area contributed by atoms with Crippen molar-refractivity contribution in [2.45, 2.75) is 75.2 Å². The standard InChI is InChI=1S/C26H30N4O5.C26H28N2O7.C23H20N2O7.C22H21N3O5/c1-6-30(7-2)11-10-27-25(31)24-16(3)34-21-12-17(8-9-18(21)24)35-26-19-13-22(32-4)23(33-5)14-20(19)28-15-29-26;1-5-21(29)25-16(2)34-22-12-17(6-7-18(22)25)35-26-19-13-23(32-10-8-30-3)24(33-11-9-31-4)14-20(19)27-15-28-26;1-4-17(26)22-12(2)31-18-7-13(5-6-14(18)22)32-23-15-8-20(30-10-21(27)28)19(29-3)9-16(15)24-11-25-23;1-5-23-21(26)20-12(2)29-17-8-13(6-7-14(17)20)30-22-15-9-18(27-3)19(28-4)10-16(15)24-11-25-22/h8-9,12-15H,6-7,10-11H2,1-5H3,(H,27,31);6-7,12-15H,5,8-11H2,1-4H3;5-9,11H,4,10H2,1-3H3,(H,27,28);6-11H,5H2,1-4H3,(H,23,26). The highest BCUT2D eigenvalue weighted by Crippen LogP contribution is 2.44. The zero-order valence-electron chi connectivity index (χ0n) is 75.7. The summed E-state index contributed by atoms with van der Waals surface area (Å²) in [5.41, 5.74) is 6.96. The van der Waals surface area contributed by atoms with E-state index in [9.17, 15) is 24.0 Å². The summed E-state index contributed by atoms with van der Waals surface area (Å²) in [6.45, 7) is 21.7. The van der Waals surface area contributed by atoms with E-state index in [2.05, 4.69) is 69.3 Å². The highest BCUT2D eigenvalue weighted by molar-refractivity contribution is 6.11. The summed E-state index contributed by atoms with van der Waals surface area (Å²) in [6.07, 6.45) is 6.42. The Kier molecular flexibility index (Phi) is 31.0. The number of aliphatic carboxylic acids is 1. The summed E-state index contributed by atoms with van der Waals surface area (Å²) in [5, 5.41) is 20.2. The molecule has 2 amide bonds. The molecule has 3 N–H and O–H groups in total. The predicted octanol–water partition coefficient (Wildman–Crippen LogP) is 18.5. The Morgan fingerprint density at radius 3 is 0.962 bits per heavy atom. The fraction of sp³-hybridized carbons (Fsp3) is 0.289. The van der Waals surface area contributed by atoms with Crippen LogP contribution in [0.4, 0.5) is 0 Å². The molecule has 35 nitrogen and oxygen atoms in total. The van der Waals surface area contributed by atoms with Gasteiger partial charge in [-0.2, -0.15) is 0 Å². The molecular formula is C97H99N11O24. The first-order chi connectivity index (χ1) is 64.0. The summed E-state index contributed by atoms with van der Waals surface area (Å²) >= 11 is 0. The molecule has 0 bridgehead atoms. The first-order valence-electron chi connectivity index (χ1n) is 42.1. The van der Waals surface area contributed by atoms with Gasteiger partial charge in [-0.1, -0.05) is 27.7 Å². The van der Waals surface area contributed by atoms with E-state index >= 15 is 0 Å². The average Bonchev–Trinajstić information content (AvgIpc) is 1.59. The number of ketones is 2. The van der Waals surface area contributed by atoms with Gasteiger partial charge in [-0.3, -0.25) is 19.2 Å². The number of nitrogens with one attached hydrogen (secondary N) is 2. The molecule has 16 rings (SSSR count). The minimum atomic E-state index is -1.11. The van der Waals surface area contributed by atoms with Crippen molar-refractivity contribution in [2.24, 2.45) is 0 Å². The number of likely N-dealkylation sites (N-methyl/N-ethyl adjacent to an activating group) is 1. The zero-order valence-corrected chi connectivity index (χ0v) is 75.7. The molecular weight excluding hydrogens is 1700 g/mol. The van der Waals surface area contributed by atoms with Crippen LogP contribution in [-0.2, 0) is 14.3 Å². The highest BCUT2D eigenvalue weighted by Gasteiger charge is 2.26. The molecule has 8 heterocycles. The number of carboxylic acids is 1. The van der Waals surface area contributed by atoms with Crippen LogP contribution in [0.2, 0.25) is 0 Å². The molecule has 0 saturated heterocycles. The van der Waals surface area contributed by atoms with Gasteiger partial charge < -0.3 is 105 Å². The quantitative estimate of drug-likeness (QED) is 0.0242. The van der Waals surface area contributed by atoms with Crippen molar-refractivity contribution in [3.63, 3.8) is 0 Å². The number of ether oxygens (including phenoxy) is 14. The van der Waals surface area contributed by atoms with Gasteiger partial charge in [-0.25, -0.2) is 44.7 Å². The van der Waals surface area contributed by atoms with E-state index in [1.54, 1.807) is 180 Å². The average molecular weight is 1800 g/mol. The monoisotopic (exact) mass is 1800 g/mol. The number of nitrogens with zero attached hydrogens (tertiary/aromatic N) is 9. The molecule has 35 heteroatoms. The van der Waals surface area contributed by atoms with E-state index < -0.39 is 12.6 Å². The Morgan fingerprint density at radius 1 is 0.348 bits per heavy atom. The second-order valence-electron chi connectivity index (χ2n) is 29.2. The molecule has 0 aliphatic heterocycles. The van der Waals surface area contributed by atoms with Crippen molar-refractivity contribution in [3.05, 3.63) is 192 Å². The first kappa shape index (κ1) is 94.1. The van der Waals surface area contributed by atoms with Crippen molar-refractivity contribution in [3.8, 4) is 92.5 Å². The lowest BCUT2D eigenvalue weighted by Crippen LogP contribution is -2.34. The van der Waals surface area contributed by atoms with Gasteiger partial charge in [0, 0.05) is 117 Å². The maximum absolute atomic E-state index is 12.9. The second-order valence-corrected chi connectivity index (χ2v) is 29.2. The lowest BCUT2D eigenvalue weighted by Gasteiger charge is -2.17. The van der Waals surface area contributed by atoms with Crippen molar-refractivity contribution in [1.82, 2.24) is 55.4 Å². The summed E-state index contributed by atoms with van der Waals surface area (Å²) in [5.74, 6) is 8.09. The van der Waals surface area contributed by atoms with E-state index in [1.165, 1.54) is 32.4 Å². The third-order valence-corrected chi connectivity index (χ3v) is 21.0. The Morgan fingerprint density at radius 2 is 0.644 bits per heavy atom. The van der Waals surface area contributed by atoms with Crippen LogP contribution in [0.3, 0.4) is 0 Å². The Labute approximate surface area is 756 Å².